The van der Waals surface area contributed by atoms with Gasteiger partial charge in [0.2, 0.25) is 0 Å². The quantitative estimate of drug-likeness (QED) is 0.733. The molecule has 70 valence electrons. The molecule has 1 aliphatic rings. The van der Waals surface area contributed by atoms with Gasteiger partial charge in [0.25, 0.3) is 0 Å². The Kier molecular flexibility index (Phi) is 1.99. The van der Waals surface area contributed by atoms with Gasteiger partial charge in [-0.25, -0.2) is 4.98 Å². The smallest absolute Gasteiger partial charge is 0.130 e. The van der Waals surface area contributed by atoms with E-state index in [9.17, 15) is 0 Å². The molecule has 0 aliphatic heterocycles. The van der Waals surface area contributed by atoms with E-state index in [1.165, 1.54) is 18.5 Å². The highest BCUT2D eigenvalue weighted by Crippen LogP contribution is 2.45. The topological polar surface area (TPSA) is 28.7 Å². The van der Waals surface area contributed by atoms with Crippen LogP contribution in [0.25, 0.3) is 0 Å². The zero-order valence-corrected chi connectivity index (χ0v) is 8.87. The lowest BCUT2D eigenvalue weighted by Crippen LogP contribution is -2.08. The van der Waals surface area contributed by atoms with Crippen molar-refractivity contribution in [2.45, 2.75) is 38.5 Å². The summed E-state index contributed by atoms with van der Waals surface area (Å²) in [6.07, 6.45) is 3.46. The molecule has 0 saturated heterocycles. The second kappa shape index (κ2) is 2.91. The third-order valence-corrected chi connectivity index (χ3v) is 2.96. The van der Waals surface area contributed by atoms with Gasteiger partial charge in [-0.15, -0.1) is 0 Å². The number of H-pyrrole nitrogens is 1. The lowest BCUT2D eigenvalue weighted by atomic mass is 10.1. The van der Waals surface area contributed by atoms with Gasteiger partial charge in [-0.1, -0.05) is 26.1 Å². The monoisotopic (exact) mass is 194 g/mol. The number of rotatable bonds is 2. The number of hydrogen-bond donors (Lipinski definition) is 1. The Bertz CT molecular complexity index is 377. The van der Waals surface area contributed by atoms with Crippen LogP contribution in [-0.2, 0) is 11.8 Å². The van der Waals surface area contributed by atoms with E-state index >= 15 is 0 Å². The minimum absolute atomic E-state index is 0.290. The first-order chi connectivity index (χ1) is 6.14. The second-order valence-electron chi connectivity index (χ2n) is 4.01. The summed E-state index contributed by atoms with van der Waals surface area (Å²) >= 11 is 5.12. The van der Waals surface area contributed by atoms with Gasteiger partial charge in [0.1, 0.15) is 10.5 Å². The van der Waals surface area contributed by atoms with Gasteiger partial charge in [0.15, 0.2) is 0 Å². The van der Waals surface area contributed by atoms with E-state index in [0.29, 0.717) is 5.41 Å². The Hall–Kier alpha value is -0.700. The number of aromatic nitrogens is 2. The molecule has 3 heteroatoms. The van der Waals surface area contributed by atoms with Gasteiger partial charge in [-0.3, -0.25) is 0 Å². The van der Waals surface area contributed by atoms with Crippen molar-refractivity contribution in [3.8, 4) is 0 Å². The molecule has 0 spiro atoms. The van der Waals surface area contributed by atoms with Crippen molar-refractivity contribution in [2.75, 3.05) is 0 Å². The van der Waals surface area contributed by atoms with E-state index in [0.717, 1.165) is 16.9 Å². The first kappa shape index (κ1) is 8.88. The Labute approximate surface area is 83.4 Å². The molecule has 1 N–H and O–H groups in total. The molecule has 0 aromatic carbocycles. The van der Waals surface area contributed by atoms with Gasteiger partial charge < -0.3 is 4.98 Å². The van der Waals surface area contributed by atoms with Crippen LogP contribution in [0.5, 0.6) is 0 Å². The summed E-state index contributed by atoms with van der Waals surface area (Å²) in [6.45, 7) is 4.36. The number of aryl methyl sites for hydroxylation is 1. The molecule has 0 amide bonds. The van der Waals surface area contributed by atoms with Gasteiger partial charge >= 0.3 is 0 Å². The zero-order valence-electron chi connectivity index (χ0n) is 8.05. The van der Waals surface area contributed by atoms with Crippen LogP contribution in [0.3, 0.4) is 0 Å². The lowest BCUT2D eigenvalue weighted by molar-refractivity contribution is 0.695. The molecule has 1 aromatic heterocycles. The van der Waals surface area contributed by atoms with Crippen molar-refractivity contribution in [2.24, 2.45) is 0 Å². The maximum atomic E-state index is 5.12. The van der Waals surface area contributed by atoms with Crippen LogP contribution in [0.4, 0.5) is 0 Å². The number of nitrogens with one attached hydrogen (secondary N) is 1. The standard InChI is InChI=1S/C10H14N2S/c1-3-7-6-8(13)12-9(11-7)10(2)4-5-10/h6H,3-5H2,1-2H3,(H,11,12,13). The molecule has 13 heavy (non-hydrogen) atoms. The highest BCUT2D eigenvalue weighted by Gasteiger charge is 2.41. The molecule has 1 fully saturated rings. The van der Waals surface area contributed by atoms with Crippen LogP contribution in [0.15, 0.2) is 6.07 Å². The van der Waals surface area contributed by atoms with Gasteiger partial charge in [0.05, 0.1) is 0 Å². The van der Waals surface area contributed by atoms with Crippen LogP contribution in [0.1, 0.15) is 38.2 Å². The van der Waals surface area contributed by atoms with Crippen molar-refractivity contribution in [3.05, 3.63) is 22.2 Å². The van der Waals surface area contributed by atoms with E-state index in [4.69, 9.17) is 12.2 Å². The summed E-state index contributed by atoms with van der Waals surface area (Å²) in [5.74, 6) is 1.08. The third kappa shape index (κ3) is 1.66. The van der Waals surface area contributed by atoms with Gasteiger partial charge in [0, 0.05) is 11.1 Å². The fourth-order valence-corrected chi connectivity index (χ4v) is 1.64. The van der Waals surface area contributed by atoms with Crippen LogP contribution >= 0.6 is 12.2 Å². The Morgan fingerprint density at radius 2 is 2.31 bits per heavy atom. The molecule has 1 heterocycles. The zero-order chi connectivity index (χ0) is 9.47. The van der Waals surface area contributed by atoms with E-state index in [-0.39, 0.29) is 0 Å². The SMILES string of the molecule is CCc1cc(=S)nc(C2(C)CC2)[nH]1. The van der Waals surface area contributed by atoms with Crippen LogP contribution in [-0.4, -0.2) is 9.97 Å². The number of nitrogens with zero attached hydrogens (tertiary/aromatic N) is 1. The molecule has 0 bridgehead atoms. The summed E-state index contributed by atoms with van der Waals surface area (Å²) in [7, 11) is 0. The average Bonchev–Trinajstić information content (AvgIpc) is 2.84. The number of hydrogen-bond acceptors (Lipinski definition) is 2. The van der Waals surface area contributed by atoms with Crippen molar-refractivity contribution in [1.29, 1.82) is 0 Å². The van der Waals surface area contributed by atoms with Crippen molar-refractivity contribution in [3.63, 3.8) is 0 Å². The fraction of sp³-hybridized carbons (Fsp3) is 0.600. The largest absolute Gasteiger partial charge is 0.347 e. The molecule has 1 aromatic rings. The van der Waals surface area contributed by atoms with E-state index in [1.54, 1.807) is 0 Å². The summed E-state index contributed by atoms with van der Waals surface area (Å²) in [5, 5.41) is 0. The van der Waals surface area contributed by atoms with Crippen molar-refractivity contribution >= 4 is 12.2 Å². The molecule has 1 saturated carbocycles. The van der Waals surface area contributed by atoms with Crippen LogP contribution in [0, 0.1) is 4.64 Å². The molecule has 0 unspecified atom stereocenters. The minimum atomic E-state index is 0.290. The third-order valence-electron chi connectivity index (χ3n) is 2.75. The Balaban J connectivity index is 2.46. The molecule has 0 atom stereocenters. The van der Waals surface area contributed by atoms with E-state index in [1.807, 2.05) is 6.07 Å². The van der Waals surface area contributed by atoms with Crippen molar-refractivity contribution in [1.82, 2.24) is 9.97 Å². The van der Waals surface area contributed by atoms with E-state index < -0.39 is 0 Å². The maximum Gasteiger partial charge on any atom is 0.130 e. The van der Waals surface area contributed by atoms with Crippen LogP contribution < -0.4 is 0 Å². The second-order valence-corrected chi connectivity index (χ2v) is 4.43. The molecule has 1 aliphatic carbocycles. The average molecular weight is 194 g/mol. The minimum Gasteiger partial charge on any atom is -0.347 e. The molecular formula is C10H14N2S. The lowest BCUT2D eigenvalue weighted by Gasteiger charge is -2.09. The molecule has 0 radical (unpaired) electrons. The molecule has 2 nitrogen and oxygen atoms in total. The van der Waals surface area contributed by atoms with E-state index in [2.05, 4.69) is 23.8 Å². The van der Waals surface area contributed by atoms with Gasteiger partial charge in [-0.2, -0.15) is 0 Å². The normalized spacial score (nSPS) is 18.6. The Morgan fingerprint density at radius 1 is 1.62 bits per heavy atom. The predicted octanol–water partition coefficient (Wildman–Crippen LogP) is 2.75. The highest BCUT2D eigenvalue weighted by molar-refractivity contribution is 7.71. The number of aromatic amines is 1. The maximum absolute atomic E-state index is 5.12. The van der Waals surface area contributed by atoms with Crippen molar-refractivity contribution < 1.29 is 0 Å². The summed E-state index contributed by atoms with van der Waals surface area (Å²) < 4.78 is 0.721. The first-order valence-electron chi connectivity index (χ1n) is 4.75. The summed E-state index contributed by atoms with van der Waals surface area (Å²) in [5.41, 5.74) is 1.49. The predicted molar refractivity (Wildman–Crippen MR) is 55.4 cm³/mol. The molecular weight excluding hydrogens is 180 g/mol. The fourth-order valence-electron chi connectivity index (χ4n) is 1.41. The van der Waals surface area contributed by atoms with Gasteiger partial charge in [-0.05, 0) is 25.3 Å². The van der Waals surface area contributed by atoms with Crippen LogP contribution in [0.2, 0.25) is 0 Å². The summed E-state index contributed by atoms with van der Waals surface area (Å²) in [6, 6.07) is 1.95. The first-order valence-corrected chi connectivity index (χ1v) is 5.15. The Morgan fingerprint density at radius 3 is 2.85 bits per heavy atom. The molecule has 2 rings (SSSR count). The highest BCUT2D eigenvalue weighted by atomic mass is 32.1. The summed E-state index contributed by atoms with van der Waals surface area (Å²) in [4.78, 5) is 7.73.